The summed E-state index contributed by atoms with van der Waals surface area (Å²) in [5.74, 6) is 0.571. The first-order valence-electron chi connectivity index (χ1n) is 6.06. The van der Waals surface area contributed by atoms with Crippen molar-refractivity contribution in [2.45, 2.75) is 24.8 Å². The fourth-order valence-electron chi connectivity index (χ4n) is 1.97. The number of furan rings is 1. The summed E-state index contributed by atoms with van der Waals surface area (Å²) in [5.41, 5.74) is 2.61. The van der Waals surface area contributed by atoms with Crippen LogP contribution in [-0.2, 0) is 15.9 Å². The number of hydrogen-bond acceptors (Lipinski definition) is 3. The third-order valence-electron chi connectivity index (χ3n) is 2.95. The van der Waals surface area contributed by atoms with Gasteiger partial charge in [0.15, 0.2) is 0 Å². The second kappa shape index (κ2) is 5.50. The second-order valence-corrected chi connectivity index (χ2v) is 6.84. The smallest absolute Gasteiger partial charge is 0.297 e. The van der Waals surface area contributed by atoms with E-state index in [2.05, 4.69) is 0 Å². The second-order valence-electron chi connectivity index (χ2n) is 4.67. The minimum absolute atomic E-state index is 0.102. The number of rotatable bonds is 4. The number of nitrogens with zero attached hydrogens (tertiary/aromatic N) is 1. The van der Waals surface area contributed by atoms with Crippen LogP contribution >= 0.6 is 11.6 Å². The van der Waals surface area contributed by atoms with Crippen molar-refractivity contribution in [1.82, 2.24) is 0 Å². The summed E-state index contributed by atoms with van der Waals surface area (Å²) in [4.78, 5) is 0. The first-order chi connectivity index (χ1) is 9.34. The summed E-state index contributed by atoms with van der Waals surface area (Å²) < 4.78 is 31.4. The Bertz CT molecular complexity index is 702. The molecule has 108 valence electrons. The summed E-state index contributed by atoms with van der Waals surface area (Å²) >= 11 is 5.63. The number of aryl methyl sites for hydroxylation is 2. The molecular formula is C14H16ClNO3S. The fraction of sp³-hybridized carbons (Fsp3) is 0.286. The molecule has 0 N–H and O–H groups in total. The Balaban J connectivity index is 2.42. The Kier molecular flexibility index (Phi) is 4.11. The van der Waals surface area contributed by atoms with E-state index >= 15 is 0 Å². The average Bonchev–Trinajstić information content (AvgIpc) is 2.86. The molecule has 0 unspecified atom stereocenters. The minimum Gasteiger partial charge on any atom is -0.447 e. The standard InChI is InChI=1S/C14H16ClNO3S/c1-10-6-11(2)8-12(7-10)16(3)20(17,18)14-5-4-13(9-15)19-14/h4-8H,9H2,1-3H3. The maximum Gasteiger partial charge on any atom is 0.297 e. The van der Waals surface area contributed by atoms with Crippen LogP contribution < -0.4 is 4.31 Å². The summed E-state index contributed by atoms with van der Waals surface area (Å²) in [5, 5.41) is -0.102. The van der Waals surface area contributed by atoms with Crippen LogP contribution in [0.25, 0.3) is 0 Å². The van der Waals surface area contributed by atoms with Crippen molar-refractivity contribution in [2.24, 2.45) is 0 Å². The molecule has 0 amide bonds. The zero-order chi connectivity index (χ0) is 14.9. The molecule has 0 aliphatic carbocycles. The van der Waals surface area contributed by atoms with Crippen LogP contribution in [0, 0.1) is 13.8 Å². The predicted octanol–water partition coefficient (Wildman–Crippen LogP) is 3.46. The van der Waals surface area contributed by atoms with Crippen molar-refractivity contribution in [3.05, 3.63) is 47.2 Å². The van der Waals surface area contributed by atoms with E-state index in [1.54, 1.807) is 6.07 Å². The number of halogens is 1. The molecule has 6 heteroatoms. The molecule has 0 radical (unpaired) electrons. The largest absolute Gasteiger partial charge is 0.447 e. The van der Waals surface area contributed by atoms with Crippen molar-refractivity contribution in [1.29, 1.82) is 0 Å². The average molecular weight is 314 g/mol. The normalized spacial score (nSPS) is 11.6. The van der Waals surface area contributed by atoms with Gasteiger partial charge in [-0.2, -0.15) is 8.42 Å². The van der Waals surface area contributed by atoms with Crippen LogP contribution in [0.5, 0.6) is 0 Å². The Morgan fingerprint density at radius 3 is 2.25 bits per heavy atom. The highest BCUT2D eigenvalue weighted by Gasteiger charge is 2.25. The molecule has 4 nitrogen and oxygen atoms in total. The summed E-state index contributed by atoms with van der Waals surface area (Å²) in [7, 11) is -2.20. The SMILES string of the molecule is Cc1cc(C)cc(N(C)S(=O)(=O)c2ccc(CCl)o2)c1. The van der Waals surface area contributed by atoms with Gasteiger partial charge in [-0.15, -0.1) is 11.6 Å². The highest BCUT2D eigenvalue weighted by atomic mass is 35.5. The van der Waals surface area contributed by atoms with E-state index in [0.717, 1.165) is 11.1 Å². The molecule has 0 aliphatic heterocycles. The molecule has 1 aromatic heterocycles. The molecule has 0 aliphatic rings. The van der Waals surface area contributed by atoms with Crippen molar-refractivity contribution < 1.29 is 12.8 Å². The van der Waals surface area contributed by atoms with Gasteiger partial charge < -0.3 is 4.42 Å². The van der Waals surface area contributed by atoms with E-state index in [9.17, 15) is 8.42 Å². The van der Waals surface area contributed by atoms with Crippen LogP contribution in [0.3, 0.4) is 0 Å². The molecule has 0 fully saturated rings. The quantitative estimate of drug-likeness (QED) is 0.812. The maximum atomic E-state index is 12.5. The summed E-state index contributed by atoms with van der Waals surface area (Å²) in [6.45, 7) is 3.85. The van der Waals surface area contributed by atoms with Crippen LogP contribution in [0.2, 0.25) is 0 Å². The Morgan fingerprint density at radius 2 is 1.75 bits per heavy atom. The molecule has 2 rings (SSSR count). The van der Waals surface area contributed by atoms with Gasteiger partial charge in [0.25, 0.3) is 10.0 Å². The van der Waals surface area contributed by atoms with E-state index in [0.29, 0.717) is 11.4 Å². The molecule has 0 saturated carbocycles. The minimum atomic E-state index is -3.71. The first-order valence-corrected chi connectivity index (χ1v) is 8.04. The lowest BCUT2D eigenvalue weighted by Crippen LogP contribution is -2.26. The monoisotopic (exact) mass is 313 g/mol. The Labute approximate surface area is 124 Å². The lowest BCUT2D eigenvalue weighted by atomic mass is 10.1. The summed E-state index contributed by atoms with van der Waals surface area (Å²) in [6.07, 6.45) is 0. The predicted molar refractivity (Wildman–Crippen MR) is 79.8 cm³/mol. The highest BCUT2D eigenvalue weighted by molar-refractivity contribution is 7.92. The molecule has 20 heavy (non-hydrogen) atoms. The van der Waals surface area contributed by atoms with Crippen LogP contribution in [0.15, 0.2) is 39.8 Å². The van der Waals surface area contributed by atoms with Crippen LogP contribution in [0.4, 0.5) is 5.69 Å². The molecular weight excluding hydrogens is 298 g/mol. The molecule has 2 aromatic rings. The Morgan fingerprint density at radius 1 is 1.15 bits per heavy atom. The van der Waals surface area contributed by atoms with Gasteiger partial charge in [-0.3, -0.25) is 4.31 Å². The molecule has 0 spiro atoms. The molecule has 0 atom stereocenters. The lowest BCUT2D eigenvalue weighted by Gasteiger charge is -2.19. The topological polar surface area (TPSA) is 50.5 Å². The fourth-order valence-corrected chi connectivity index (χ4v) is 3.22. The van der Waals surface area contributed by atoms with Gasteiger partial charge in [0.05, 0.1) is 11.6 Å². The van der Waals surface area contributed by atoms with Crippen LogP contribution in [-0.4, -0.2) is 15.5 Å². The zero-order valence-electron chi connectivity index (χ0n) is 11.6. The highest BCUT2D eigenvalue weighted by Crippen LogP contribution is 2.25. The van der Waals surface area contributed by atoms with Crippen LogP contribution in [0.1, 0.15) is 16.9 Å². The summed E-state index contributed by atoms with van der Waals surface area (Å²) in [6, 6.07) is 8.61. The van der Waals surface area contributed by atoms with Gasteiger partial charge in [-0.25, -0.2) is 0 Å². The van der Waals surface area contributed by atoms with Gasteiger partial charge in [-0.1, -0.05) is 6.07 Å². The first kappa shape index (κ1) is 14.9. The van der Waals surface area contributed by atoms with E-state index < -0.39 is 10.0 Å². The van der Waals surface area contributed by atoms with Gasteiger partial charge >= 0.3 is 0 Å². The zero-order valence-corrected chi connectivity index (χ0v) is 13.1. The van der Waals surface area contributed by atoms with E-state index in [-0.39, 0.29) is 11.0 Å². The van der Waals surface area contributed by atoms with E-state index in [1.807, 2.05) is 32.0 Å². The van der Waals surface area contributed by atoms with Gasteiger partial charge in [-0.05, 0) is 49.2 Å². The number of anilines is 1. The van der Waals surface area contributed by atoms with Crippen molar-refractivity contribution in [3.8, 4) is 0 Å². The van der Waals surface area contributed by atoms with E-state index in [4.69, 9.17) is 16.0 Å². The number of hydrogen-bond donors (Lipinski definition) is 0. The van der Waals surface area contributed by atoms with Gasteiger partial charge in [0.1, 0.15) is 5.76 Å². The van der Waals surface area contributed by atoms with E-state index in [1.165, 1.54) is 17.4 Å². The molecule has 0 saturated heterocycles. The van der Waals surface area contributed by atoms with Crippen molar-refractivity contribution in [2.75, 3.05) is 11.4 Å². The third kappa shape index (κ3) is 2.83. The third-order valence-corrected chi connectivity index (χ3v) is 4.88. The Hall–Kier alpha value is -1.46. The number of benzene rings is 1. The maximum absolute atomic E-state index is 12.5. The number of sulfonamides is 1. The van der Waals surface area contributed by atoms with Gasteiger partial charge in [0, 0.05) is 7.05 Å². The van der Waals surface area contributed by atoms with Crippen molar-refractivity contribution >= 4 is 27.3 Å². The van der Waals surface area contributed by atoms with Crippen molar-refractivity contribution in [3.63, 3.8) is 0 Å². The lowest BCUT2D eigenvalue weighted by molar-refractivity contribution is 0.425. The van der Waals surface area contributed by atoms with Gasteiger partial charge in [0.2, 0.25) is 5.09 Å². The molecule has 1 aromatic carbocycles. The molecule has 0 bridgehead atoms. The number of alkyl halides is 1. The molecule has 1 heterocycles.